The van der Waals surface area contributed by atoms with Gasteiger partial charge in [-0.1, -0.05) is 78.9 Å². The molecule has 0 fully saturated rings. The summed E-state index contributed by atoms with van der Waals surface area (Å²) < 4.78 is 0. The van der Waals surface area contributed by atoms with Crippen molar-refractivity contribution in [2.24, 2.45) is 5.10 Å². The van der Waals surface area contributed by atoms with E-state index >= 15 is 0 Å². The third kappa shape index (κ3) is 7.06. The Bertz CT molecular complexity index is 1120. The third-order valence-corrected chi connectivity index (χ3v) is 4.85. The van der Waals surface area contributed by atoms with Crippen molar-refractivity contribution in [2.75, 3.05) is 5.32 Å². The van der Waals surface area contributed by atoms with Gasteiger partial charge in [-0.15, -0.1) is 0 Å². The Morgan fingerprint density at radius 2 is 1.50 bits per heavy atom. The molecule has 5 nitrogen and oxygen atoms in total. The highest BCUT2D eigenvalue weighted by atomic mass is 16.2. The van der Waals surface area contributed by atoms with Gasteiger partial charge in [0.15, 0.2) is 0 Å². The van der Waals surface area contributed by atoms with Gasteiger partial charge in [0.05, 0.1) is 5.71 Å². The maximum atomic E-state index is 12.3. The Labute approximate surface area is 188 Å². The van der Waals surface area contributed by atoms with Gasteiger partial charge in [0.25, 0.3) is 0 Å². The van der Waals surface area contributed by atoms with Gasteiger partial charge in [0.2, 0.25) is 11.8 Å². The number of allylic oxidation sites excluding steroid dienone is 1. The summed E-state index contributed by atoms with van der Waals surface area (Å²) in [6.07, 6.45) is 3.92. The number of rotatable bonds is 8. The number of hydrazone groups is 1. The lowest BCUT2D eigenvalue weighted by molar-refractivity contribution is -0.124. The van der Waals surface area contributed by atoms with E-state index in [1.807, 2.05) is 105 Å². The predicted molar refractivity (Wildman–Crippen MR) is 130 cm³/mol. The molecule has 0 saturated heterocycles. The fraction of sp³-hybridized carbons (Fsp3) is 0.148. The fourth-order valence-electron chi connectivity index (χ4n) is 3.04. The van der Waals surface area contributed by atoms with Crippen molar-refractivity contribution < 1.29 is 9.59 Å². The first-order valence-corrected chi connectivity index (χ1v) is 10.5. The number of carbonyl (C=O) groups excluding carboxylic acids is 2. The number of hydrogen-bond acceptors (Lipinski definition) is 3. The molecule has 0 saturated carbocycles. The van der Waals surface area contributed by atoms with Gasteiger partial charge in [-0.05, 0) is 42.7 Å². The summed E-state index contributed by atoms with van der Waals surface area (Å²) in [5, 5.41) is 7.16. The molecule has 3 aromatic rings. The summed E-state index contributed by atoms with van der Waals surface area (Å²) in [7, 11) is 0. The van der Waals surface area contributed by atoms with E-state index in [1.165, 1.54) is 0 Å². The molecule has 0 aliphatic heterocycles. The summed E-state index contributed by atoms with van der Waals surface area (Å²) >= 11 is 0. The van der Waals surface area contributed by atoms with Crippen molar-refractivity contribution in [3.05, 3.63) is 107 Å². The lowest BCUT2D eigenvalue weighted by atomic mass is 10.1. The molecule has 3 aromatic carbocycles. The minimum absolute atomic E-state index is 0.0463. The number of nitrogens with zero attached hydrogens (tertiary/aromatic N) is 1. The van der Waals surface area contributed by atoms with Crippen LogP contribution in [0.1, 0.15) is 35.1 Å². The van der Waals surface area contributed by atoms with Crippen molar-refractivity contribution in [1.29, 1.82) is 0 Å². The zero-order valence-electron chi connectivity index (χ0n) is 18.3. The van der Waals surface area contributed by atoms with E-state index < -0.39 is 0 Å². The van der Waals surface area contributed by atoms with Crippen molar-refractivity contribution >= 4 is 29.3 Å². The van der Waals surface area contributed by atoms with Crippen LogP contribution in [-0.4, -0.2) is 17.5 Å². The zero-order valence-corrected chi connectivity index (χ0v) is 18.3. The smallest absolute Gasteiger partial charge is 0.240 e. The second kappa shape index (κ2) is 11.4. The molecule has 0 aromatic heterocycles. The maximum absolute atomic E-state index is 12.3. The van der Waals surface area contributed by atoms with Gasteiger partial charge >= 0.3 is 0 Å². The molecule has 0 aliphatic rings. The molecule has 0 atom stereocenters. The normalized spacial score (nSPS) is 11.4. The molecule has 3 rings (SSSR count). The quantitative estimate of drug-likeness (QED) is 0.382. The van der Waals surface area contributed by atoms with Gasteiger partial charge < -0.3 is 5.32 Å². The summed E-state index contributed by atoms with van der Waals surface area (Å²) in [4.78, 5) is 24.6. The van der Waals surface area contributed by atoms with E-state index in [2.05, 4.69) is 15.8 Å². The first-order chi connectivity index (χ1) is 15.5. The molecule has 2 N–H and O–H groups in total. The SMILES string of the molecule is Cc1ccc(C)c(NC(=O)CCC(=O)NN=C(/C=C/c2ccccc2)c2ccccc2)c1. The van der Waals surface area contributed by atoms with Crippen LogP contribution in [0.25, 0.3) is 6.08 Å². The summed E-state index contributed by atoms with van der Waals surface area (Å²) in [5.41, 5.74) is 7.93. The molecule has 32 heavy (non-hydrogen) atoms. The molecule has 0 aliphatic carbocycles. The van der Waals surface area contributed by atoms with Crippen LogP contribution in [0.15, 0.2) is 90.0 Å². The monoisotopic (exact) mass is 425 g/mol. The highest BCUT2D eigenvalue weighted by molar-refractivity contribution is 6.11. The number of carbonyl (C=O) groups is 2. The Morgan fingerprint density at radius 1 is 0.844 bits per heavy atom. The third-order valence-electron chi connectivity index (χ3n) is 4.85. The van der Waals surface area contributed by atoms with Gasteiger partial charge in [0, 0.05) is 24.1 Å². The number of anilines is 1. The van der Waals surface area contributed by atoms with Crippen LogP contribution < -0.4 is 10.7 Å². The van der Waals surface area contributed by atoms with Gasteiger partial charge in [-0.3, -0.25) is 9.59 Å². The van der Waals surface area contributed by atoms with Crippen LogP contribution in [0.2, 0.25) is 0 Å². The minimum atomic E-state index is -0.317. The average molecular weight is 426 g/mol. The van der Waals surface area contributed by atoms with E-state index in [0.29, 0.717) is 5.71 Å². The topological polar surface area (TPSA) is 70.6 Å². The molecule has 162 valence electrons. The van der Waals surface area contributed by atoms with Gasteiger partial charge in [-0.25, -0.2) is 5.43 Å². The molecule has 5 heteroatoms. The average Bonchev–Trinajstić information content (AvgIpc) is 2.81. The molecule has 0 radical (unpaired) electrons. The van der Waals surface area contributed by atoms with Crippen molar-refractivity contribution in [3.8, 4) is 0 Å². The summed E-state index contributed by atoms with van der Waals surface area (Å²) in [6.45, 7) is 3.90. The van der Waals surface area contributed by atoms with E-state index in [4.69, 9.17) is 0 Å². The van der Waals surface area contributed by atoms with E-state index in [-0.39, 0.29) is 24.7 Å². The van der Waals surface area contributed by atoms with Gasteiger partial charge in [-0.2, -0.15) is 5.10 Å². The van der Waals surface area contributed by atoms with Crippen molar-refractivity contribution in [1.82, 2.24) is 5.43 Å². The Hall–Kier alpha value is -3.99. The Balaban J connectivity index is 1.60. The minimum Gasteiger partial charge on any atom is -0.326 e. The number of nitrogens with one attached hydrogen (secondary N) is 2. The van der Waals surface area contributed by atoms with E-state index in [9.17, 15) is 9.59 Å². The van der Waals surface area contributed by atoms with Crippen LogP contribution in [-0.2, 0) is 9.59 Å². The molecule has 0 spiro atoms. The second-order valence-electron chi connectivity index (χ2n) is 7.51. The molecule has 2 amide bonds. The first kappa shape index (κ1) is 22.7. The largest absolute Gasteiger partial charge is 0.326 e. The lowest BCUT2D eigenvalue weighted by Gasteiger charge is -2.09. The van der Waals surface area contributed by atoms with Crippen LogP contribution in [0.5, 0.6) is 0 Å². The van der Waals surface area contributed by atoms with Gasteiger partial charge in [0.1, 0.15) is 0 Å². The molecule has 0 heterocycles. The van der Waals surface area contributed by atoms with Crippen molar-refractivity contribution in [3.63, 3.8) is 0 Å². The van der Waals surface area contributed by atoms with Crippen LogP contribution in [0.4, 0.5) is 5.69 Å². The standard InChI is InChI=1S/C27H27N3O2/c1-20-13-14-21(2)25(19-20)28-26(31)17-18-27(32)30-29-24(23-11-7-4-8-12-23)16-15-22-9-5-3-6-10-22/h3-16,19H,17-18H2,1-2H3,(H,28,31)(H,30,32)/b16-15+,29-24?. The first-order valence-electron chi connectivity index (χ1n) is 10.5. The predicted octanol–water partition coefficient (Wildman–Crippen LogP) is 5.26. The maximum Gasteiger partial charge on any atom is 0.240 e. The highest BCUT2D eigenvalue weighted by Crippen LogP contribution is 2.16. The zero-order chi connectivity index (χ0) is 22.8. The fourth-order valence-corrected chi connectivity index (χ4v) is 3.04. The summed E-state index contributed by atoms with van der Waals surface area (Å²) in [6, 6.07) is 25.4. The lowest BCUT2D eigenvalue weighted by Crippen LogP contribution is -2.22. The molecular formula is C27H27N3O2. The number of benzene rings is 3. The van der Waals surface area contributed by atoms with Crippen LogP contribution in [0, 0.1) is 13.8 Å². The number of amides is 2. The summed E-state index contributed by atoms with van der Waals surface area (Å²) in [5.74, 6) is -0.521. The van der Waals surface area contributed by atoms with Crippen molar-refractivity contribution in [2.45, 2.75) is 26.7 Å². The van der Waals surface area contributed by atoms with E-state index in [0.717, 1.165) is 27.9 Å². The Morgan fingerprint density at radius 3 is 2.22 bits per heavy atom. The highest BCUT2D eigenvalue weighted by Gasteiger charge is 2.09. The van der Waals surface area contributed by atoms with Crippen LogP contribution >= 0.6 is 0 Å². The van der Waals surface area contributed by atoms with Crippen LogP contribution in [0.3, 0.4) is 0 Å². The number of aryl methyl sites for hydroxylation is 2. The molecule has 0 bridgehead atoms. The Kier molecular flexibility index (Phi) is 8.09. The van der Waals surface area contributed by atoms with E-state index in [1.54, 1.807) is 0 Å². The molecular weight excluding hydrogens is 398 g/mol. The molecule has 0 unspecified atom stereocenters. The number of hydrogen-bond donors (Lipinski definition) is 2. The second-order valence-corrected chi connectivity index (χ2v) is 7.51.